The highest BCUT2D eigenvalue weighted by molar-refractivity contribution is 5.19. The Labute approximate surface area is 114 Å². The van der Waals surface area contributed by atoms with Crippen LogP contribution in [0, 0.1) is 6.92 Å². The van der Waals surface area contributed by atoms with E-state index < -0.39 is 0 Å². The van der Waals surface area contributed by atoms with Crippen LogP contribution in [0.5, 0.6) is 0 Å². The molecular formula is C14H23N5. The summed E-state index contributed by atoms with van der Waals surface area (Å²) in [6.45, 7) is 11.1. The molecule has 5 heteroatoms. The summed E-state index contributed by atoms with van der Waals surface area (Å²) in [4.78, 5) is 0. The van der Waals surface area contributed by atoms with Crippen molar-refractivity contribution >= 4 is 0 Å². The van der Waals surface area contributed by atoms with Crippen LogP contribution in [-0.4, -0.2) is 19.6 Å². The number of nitrogens with one attached hydrogen (secondary N) is 1. The van der Waals surface area contributed by atoms with Crippen molar-refractivity contribution in [2.45, 2.75) is 53.4 Å². The zero-order chi connectivity index (χ0) is 13.8. The highest BCUT2D eigenvalue weighted by Crippen LogP contribution is 2.16. The van der Waals surface area contributed by atoms with Gasteiger partial charge >= 0.3 is 0 Å². The smallest absolute Gasteiger partial charge is 0.0641 e. The van der Waals surface area contributed by atoms with Crippen molar-refractivity contribution in [3.8, 4) is 0 Å². The third-order valence-corrected chi connectivity index (χ3v) is 3.40. The molecule has 104 valence electrons. The molecule has 2 rings (SSSR count). The van der Waals surface area contributed by atoms with E-state index in [1.165, 1.54) is 11.1 Å². The van der Waals surface area contributed by atoms with Crippen LogP contribution in [0.3, 0.4) is 0 Å². The lowest BCUT2D eigenvalue weighted by atomic mass is 10.1. The van der Waals surface area contributed by atoms with Crippen LogP contribution >= 0.6 is 0 Å². The number of aryl methyl sites for hydroxylation is 3. The maximum atomic E-state index is 4.48. The molecule has 2 aromatic heterocycles. The van der Waals surface area contributed by atoms with Crippen molar-refractivity contribution in [1.29, 1.82) is 0 Å². The molecule has 2 aromatic rings. The lowest BCUT2D eigenvalue weighted by Crippen LogP contribution is -2.18. The summed E-state index contributed by atoms with van der Waals surface area (Å²) in [6.07, 6.45) is 6.13. The number of rotatable bonds is 6. The van der Waals surface area contributed by atoms with Gasteiger partial charge in [0.15, 0.2) is 0 Å². The van der Waals surface area contributed by atoms with Crippen molar-refractivity contribution in [3.05, 3.63) is 35.4 Å². The Balaban J connectivity index is 1.96. The first-order valence-electron chi connectivity index (χ1n) is 6.92. The molecule has 0 radical (unpaired) electrons. The molecule has 0 aliphatic heterocycles. The predicted octanol–water partition coefficient (Wildman–Crippen LogP) is 2.28. The lowest BCUT2D eigenvalue weighted by Gasteiger charge is -2.12. The molecule has 1 unspecified atom stereocenters. The van der Waals surface area contributed by atoms with Crippen LogP contribution in [0.2, 0.25) is 0 Å². The summed E-state index contributed by atoms with van der Waals surface area (Å²) in [7, 11) is 0. The van der Waals surface area contributed by atoms with Crippen molar-refractivity contribution < 1.29 is 0 Å². The van der Waals surface area contributed by atoms with Gasteiger partial charge in [0, 0.05) is 49.2 Å². The largest absolute Gasteiger partial charge is 0.306 e. The quantitative estimate of drug-likeness (QED) is 0.868. The van der Waals surface area contributed by atoms with Gasteiger partial charge in [0.25, 0.3) is 0 Å². The van der Waals surface area contributed by atoms with E-state index in [0.717, 1.165) is 25.3 Å². The van der Waals surface area contributed by atoms with E-state index in [0.29, 0.717) is 6.04 Å². The highest BCUT2D eigenvalue weighted by Gasteiger charge is 2.12. The first kappa shape index (κ1) is 13.8. The van der Waals surface area contributed by atoms with Gasteiger partial charge in [0.1, 0.15) is 0 Å². The Kier molecular flexibility index (Phi) is 4.37. The standard InChI is InChI=1S/C14H23N5/c1-5-18-9-13(8-16-18)7-15-11(3)14-10-19(6-2)17-12(14)4/h8-11,15H,5-7H2,1-4H3. The summed E-state index contributed by atoms with van der Waals surface area (Å²) in [5.41, 5.74) is 3.59. The first-order chi connectivity index (χ1) is 9.13. The van der Waals surface area contributed by atoms with Gasteiger partial charge in [-0.2, -0.15) is 10.2 Å². The van der Waals surface area contributed by atoms with Crippen LogP contribution < -0.4 is 5.32 Å². The maximum Gasteiger partial charge on any atom is 0.0641 e. The molecule has 0 aliphatic carbocycles. The maximum absolute atomic E-state index is 4.48. The Bertz CT molecular complexity index is 526. The fourth-order valence-electron chi connectivity index (χ4n) is 2.17. The number of hydrogen-bond acceptors (Lipinski definition) is 3. The van der Waals surface area contributed by atoms with Gasteiger partial charge in [-0.15, -0.1) is 0 Å². The summed E-state index contributed by atoms with van der Waals surface area (Å²) in [5.74, 6) is 0. The second-order valence-electron chi connectivity index (χ2n) is 4.83. The average molecular weight is 261 g/mol. The summed E-state index contributed by atoms with van der Waals surface area (Å²) >= 11 is 0. The van der Waals surface area contributed by atoms with Crippen molar-refractivity contribution in [3.63, 3.8) is 0 Å². The molecule has 0 spiro atoms. The second kappa shape index (κ2) is 6.02. The van der Waals surface area contributed by atoms with Gasteiger partial charge < -0.3 is 5.32 Å². The van der Waals surface area contributed by atoms with E-state index in [4.69, 9.17) is 0 Å². The molecular weight excluding hydrogens is 238 g/mol. The zero-order valence-corrected chi connectivity index (χ0v) is 12.2. The van der Waals surface area contributed by atoms with Crippen LogP contribution in [0.15, 0.2) is 18.6 Å². The van der Waals surface area contributed by atoms with E-state index >= 15 is 0 Å². The minimum absolute atomic E-state index is 0.297. The summed E-state index contributed by atoms with van der Waals surface area (Å²) in [5, 5.41) is 12.3. The van der Waals surface area contributed by atoms with E-state index in [-0.39, 0.29) is 0 Å². The fraction of sp³-hybridized carbons (Fsp3) is 0.571. The normalized spacial score (nSPS) is 12.8. The molecule has 0 amide bonds. The topological polar surface area (TPSA) is 47.7 Å². The third kappa shape index (κ3) is 3.23. The van der Waals surface area contributed by atoms with E-state index in [1.54, 1.807) is 0 Å². The van der Waals surface area contributed by atoms with Gasteiger partial charge in [0.05, 0.1) is 11.9 Å². The number of hydrogen-bond donors (Lipinski definition) is 1. The first-order valence-corrected chi connectivity index (χ1v) is 6.92. The lowest BCUT2D eigenvalue weighted by molar-refractivity contribution is 0.570. The van der Waals surface area contributed by atoms with Gasteiger partial charge in [-0.3, -0.25) is 9.36 Å². The Morgan fingerprint density at radius 2 is 1.95 bits per heavy atom. The van der Waals surface area contributed by atoms with Crippen LogP contribution in [0.1, 0.15) is 43.6 Å². The van der Waals surface area contributed by atoms with Crippen LogP contribution in [-0.2, 0) is 19.6 Å². The molecule has 0 saturated carbocycles. The summed E-state index contributed by atoms with van der Waals surface area (Å²) in [6, 6.07) is 0.297. The molecule has 2 heterocycles. The minimum atomic E-state index is 0.297. The van der Waals surface area contributed by atoms with Crippen LogP contribution in [0.4, 0.5) is 0 Å². The number of aromatic nitrogens is 4. The molecule has 1 N–H and O–H groups in total. The van der Waals surface area contributed by atoms with Gasteiger partial charge in [0.2, 0.25) is 0 Å². The molecule has 0 aliphatic rings. The number of nitrogens with zero attached hydrogens (tertiary/aromatic N) is 4. The van der Waals surface area contributed by atoms with Crippen LogP contribution in [0.25, 0.3) is 0 Å². The fourth-order valence-corrected chi connectivity index (χ4v) is 2.17. The Morgan fingerprint density at radius 3 is 2.53 bits per heavy atom. The molecule has 0 bridgehead atoms. The monoisotopic (exact) mass is 261 g/mol. The van der Waals surface area contributed by atoms with Crippen molar-refractivity contribution in [2.24, 2.45) is 0 Å². The third-order valence-electron chi connectivity index (χ3n) is 3.40. The molecule has 19 heavy (non-hydrogen) atoms. The molecule has 5 nitrogen and oxygen atoms in total. The molecule has 0 fully saturated rings. The van der Waals surface area contributed by atoms with Gasteiger partial charge in [-0.1, -0.05) is 0 Å². The molecule has 0 saturated heterocycles. The van der Waals surface area contributed by atoms with Gasteiger partial charge in [-0.25, -0.2) is 0 Å². The van der Waals surface area contributed by atoms with E-state index in [1.807, 2.05) is 15.6 Å². The predicted molar refractivity (Wildman–Crippen MR) is 75.8 cm³/mol. The highest BCUT2D eigenvalue weighted by atomic mass is 15.3. The Morgan fingerprint density at radius 1 is 1.21 bits per heavy atom. The van der Waals surface area contributed by atoms with Gasteiger partial charge in [-0.05, 0) is 27.7 Å². The second-order valence-corrected chi connectivity index (χ2v) is 4.83. The molecule has 0 aromatic carbocycles. The van der Waals surface area contributed by atoms with Crippen molar-refractivity contribution in [1.82, 2.24) is 24.9 Å². The Hall–Kier alpha value is -1.62. The summed E-state index contributed by atoms with van der Waals surface area (Å²) < 4.78 is 3.93. The zero-order valence-electron chi connectivity index (χ0n) is 12.2. The average Bonchev–Trinajstić information content (AvgIpc) is 3.02. The van der Waals surface area contributed by atoms with Crippen molar-refractivity contribution in [2.75, 3.05) is 0 Å². The van der Waals surface area contributed by atoms with E-state index in [9.17, 15) is 0 Å². The van der Waals surface area contributed by atoms with E-state index in [2.05, 4.69) is 55.6 Å². The molecule has 1 atom stereocenters. The minimum Gasteiger partial charge on any atom is -0.306 e. The SMILES string of the molecule is CCn1cc(CNC(C)c2cn(CC)nc2C)cn1.